The molecule has 0 atom stereocenters. The maximum absolute atomic E-state index is 11.0. The zero-order valence-electron chi connectivity index (χ0n) is 6.24. The summed E-state index contributed by atoms with van der Waals surface area (Å²) in [6.45, 7) is 0.180. The number of ether oxygens (including phenoxy) is 1. The van der Waals surface area contributed by atoms with Gasteiger partial charge in [-0.05, 0) is 0 Å². The number of ketones is 1. The second-order valence-electron chi connectivity index (χ2n) is 2.07. The summed E-state index contributed by atoms with van der Waals surface area (Å²) in [6.07, 6.45) is 2.09. The number of aromatic nitrogens is 1. The molecule has 4 heteroatoms. The Bertz CT molecular complexity index is 220. The molecule has 0 amide bonds. The van der Waals surface area contributed by atoms with Crippen LogP contribution in [0.1, 0.15) is 5.01 Å². The summed E-state index contributed by atoms with van der Waals surface area (Å²) >= 11 is 1.49. The number of carbonyl (C=O) groups is 1. The van der Waals surface area contributed by atoms with Crippen molar-refractivity contribution in [1.29, 1.82) is 0 Å². The smallest absolute Gasteiger partial charge is 0.165 e. The first-order valence-corrected chi connectivity index (χ1v) is 4.10. The molecule has 0 saturated carbocycles. The normalized spacial score (nSPS) is 9.91. The van der Waals surface area contributed by atoms with Gasteiger partial charge in [0.25, 0.3) is 0 Å². The van der Waals surface area contributed by atoms with Crippen LogP contribution in [0.15, 0.2) is 11.6 Å². The molecule has 0 N–H and O–H groups in total. The van der Waals surface area contributed by atoms with Crippen LogP contribution in [0.25, 0.3) is 0 Å². The fourth-order valence-corrected chi connectivity index (χ4v) is 1.37. The minimum Gasteiger partial charge on any atom is -0.377 e. The SMILES string of the molecule is COCC(=O)Cc1nccs1. The molecule has 0 fully saturated rings. The van der Waals surface area contributed by atoms with Crippen LogP contribution in [0.2, 0.25) is 0 Å². The van der Waals surface area contributed by atoms with E-state index in [2.05, 4.69) is 9.72 Å². The van der Waals surface area contributed by atoms with Crippen LogP contribution in [0, 0.1) is 0 Å². The van der Waals surface area contributed by atoms with E-state index in [1.165, 1.54) is 18.4 Å². The number of hydrogen-bond acceptors (Lipinski definition) is 4. The van der Waals surface area contributed by atoms with E-state index in [-0.39, 0.29) is 12.4 Å². The van der Waals surface area contributed by atoms with Gasteiger partial charge in [-0.2, -0.15) is 0 Å². The van der Waals surface area contributed by atoms with Crippen molar-refractivity contribution in [3.8, 4) is 0 Å². The lowest BCUT2D eigenvalue weighted by atomic mass is 10.3. The highest BCUT2D eigenvalue weighted by atomic mass is 32.1. The summed E-state index contributed by atoms with van der Waals surface area (Å²) in [5.74, 6) is 0.0717. The fraction of sp³-hybridized carbons (Fsp3) is 0.429. The minimum atomic E-state index is 0.0717. The Balaban J connectivity index is 2.37. The maximum Gasteiger partial charge on any atom is 0.165 e. The third-order valence-corrected chi connectivity index (χ3v) is 1.92. The lowest BCUT2D eigenvalue weighted by molar-refractivity contribution is -0.121. The number of methoxy groups -OCH3 is 1. The number of carbonyl (C=O) groups excluding carboxylic acids is 1. The molecule has 0 bridgehead atoms. The van der Waals surface area contributed by atoms with Crippen molar-refractivity contribution in [1.82, 2.24) is 4.98 Å². The highest BCUT2D eigenvalue weighted by Gasteiger charge is 2.03. The zero-order chi connectivity index (χ0) is 8.10. The third kappa shape index (κ3) is 2.78. The van der Waals surface area contributed by atoms with Crippen LogP contribution in [-0.2, 0) is 16.0 Å². The molecule has 1 heterocycles. The van der Waals surface area contributed by atoms with Crippen molar-refractivity contribution in [3.05, 3.63) is 16.6 Å². The van der Waals surface area contributed by atoms with Gasteiger partial charge in [-0.1, -0.05) is 0 Å². The fourth-order valence-electron chi connectivity index (χ4n) is 0.721. The second-order valence-corrected chi connectivity index (χ2v) is 3.05. The monoisotopic (exact) mass is 171 g/mol. The molecule has 0 radical (unpaired) electrons. The Morgan fingerprint density at radius 2 is 2.64 bits per heavy atom. The van der Waals surface area contributed by atoms with Gasteiger partial charge < -0.3 is 4.74 Å². The summed E-state index contributed by atoms with van der Waals surface area (Å²) in [6, 6.07) is 0. The number of thiazole rings is 1. The van der Waals surface area contributed by atoms with Gasteiger partial charge in [-0.15, -0.1) is 11.3 Å². The predicted octanol–water partition coefficient (Wildman–Crippen LogP) is 0.901. The van der Waals surface area contributed by atoms with Crippen LogP contribution in [0.4, 0.5) is 0 Å². The Kier molecular flexibility index (Phi) is 3.19. The molecule has 3 nitrogen and oxygen atoms in total. The topological polar surface area (TPSA) is 39.2 Å². The second kappa shape index (κ2) is 4.20. The predicted molar refractivity (Wildman–Crippen MR) is 42.7 cm³/mol. The molecule has 0 aliphatic carbocycles. The molecule has 0 spiro atoms. The molecule has 0 saturated heterocycles. The van der Waals surface area contributed by atoms with Gasteiger partial charge in [0.2, 0.25) is 0 Å². The number of Topliss-reactive ketones (excluding diaryl/α,β-unsaturated/α-hetero) is 1. The van der Waals surface area contributed by atoms with Gasteiger partial charge in [-0.25, -0.2) is 4.98 Å². The molecule has 11 heavy (non-hydrogen) atoms. The van der Waals surface area contributed by atoms with Crippen LogP contribution in [0.5, 0.6) is 0 Å². The Morgan fingerprint density at radius 1 is 1.82 bits per heavy atom. The molecule has 1 rings (SSSR count). The summed E-state index contributed by atoms with van der Waals surface area (Å²) in [7, 11) is 1.51. The Morgan fingerprint density at radius 3 is 3.18 bits per heavy atom. The summed E-state index contributed by atoms with van der Waals surface area (Å²) in [5, 5.41) is 2.71. The highest BCUT2D eigenvalue weighted by Crippen LogP contribution is 2.04. The van der Waals surface area contributed by atoms with Crippen molar-refractivity contribution in [2.75, 3.05) is 13.7 Å². The van der Waals surface area contributed by atoms with Crippen LogP contribution >= 0.6 is 11.3 Å². The molecule has 0 aromatic carbocycles. The van der Waals surface area contributed by atoms with Crippen LogP contribution in [0.3, 0.4) is 0 Å². The van der Waals surface area contributed by atoms with Crippen molar-refractivity contribution >= 4 is 17.1 Å². The molecule has 0 aliphatic heterocycles. The maximum atomic E-state index is 11.0. The summed E-state index contributed by atoms with van der Waals surface area (Å²) < 4.78 is 4.68. The molecular weight excluding hydrogens is 162 g/mol. The van der Waals surface area contributed by atoms with E-state index in [0.29, 0.717) is 6.42 Å². The van der Waals surface area contributed by atoms with Gasteiger partial charge >= 0.3 is 0 Å². The Labute approximate surface area is 69.0 Å². The van der Waals surface area contributed by atoms with E-state index < -0.39 is 0 Å². The van der Waals surface area contributed by atoms with Gasteiger partial charge in [0.15, 0.2) is 5.78 Å². The average molecular weight is 171 g/mol. The standard InChI is InChI=1S/C7H9NO2S/c1-10-5-6(9)4-7-8-2-3-11-7/h2-3H,4-5H2,1H3. The van der Waals surface area contributed by atoms with E-state index >= 15 is 0 Å². The summed E-state index contributed by atoms with van der Waals surface area (Å²) in [4.78, 5) is 14.9. The van der Waals surface area contributed by atoms with Crippen LogP contribution in [-0.4, -0.2) is 24.5 Å². The van der Waals surface area contributed by atoms with Gasteiger partial charge in [0.1, 0.15) is 6.61 Å². The lowest BCUT2D eigenvalue weighted by Gasteiger charge is -1.94. The number of nitrogens with zero attached hydrogens (tertiary/aromatic N) is 1. The van der Waals surface area contributed by atoms with E-state index in [1.807, 2.05) is 5.38 Å². The average Bonchev–Trinajstić information content (AvgIpc) is 2.40. The largest absolute Gasteiger partial charge is 0.377 e. The molecule has 60 valence electrons. The van der Waals surface area contributed by atoms with Crippen molar-refractivity contribution in [2.24, 2.45) is 0 Å². The van der Waals surface area contributed by atoms with Gasteiger partial charge in [-0.3, -0.25) is 4.79 Å². The highest BCUT2D eigenvalue weighted by molar-refractivity contribution is 7.09. The molecular formula is C7H9NO2S. The zero-order valence-corrected chi connectivity index (χ0v) is 7.06. The summed E-state index contributed by atoms with van der Waals surface area (Å²) in [5.41, 5.74) is 0. The number of rotatable bonds is 4. The van der Waals surface area contributed by atoms with E-state index in [4.69, 9.17) is 0 Å². The molecule has 0 aliphatic rings. The first kappa shape index (κ1) is 8.36. The number of hydrogen-bond donors (Lipinski definition) is 0. The first-order chi connectivity index (χ1) is 5.33. The van der Waals surface area contributed by atoms with E-state index in [0.717, 1.165) is 5.01 Å². The molecule has 0 unspecified atom stereocenters. The van der Waals surface area contributed by atoms with Gasteiger partial charge in [0, 0.05) is 18.7 Å². The van der Waals surface area contributed by atoms with Crippen molar-refractivity contribution < 1.29 is 9.53 Å². The Hall–Kier alpha value is -0.740. The quantitative estimate of drug-likeness (QED) is 0.675. The van der Waals surface area contributed by atoms with Crippen molar-refractivity contribution in [3.63, 3.8) is 0 Å². The van der Waals surface area contributed by atoms with Gasteiger partial charge in [0.05, 0.1) is 11.4 Å². The van der Waals surface area contributed by atoms with E-state index in [9.17, 15) is 4.79 Å². The van der Waals surface area contributed by atoms with Crippen LogP contribution < -0.4 is 0 Å². The lowest BCUT2D eigenvalue weighted by Crippen LogP contribution is -2.09. The first-order valence-electron chi connectivity index (χ1n) is 3.22. The minimum absolute atomic E-state index is 0.0717. The van der Waals surface area contributed by atoms with Crippen molar-refractivity contribution in [2.45, 2.75) is 6.42 Å². The third-order valence-electron chi connectivity index (χ3n) is 1.14. The van der Waals surface area contributed by atoms with E-state index in [1.54, 1.807) is 6.20 Å². The molecule has 1 aromatic heterocycles. The molecule has 1 aromatic rings.